The van der Waals surface area contributed by atoms with Crippen molar-refractivity contribution in [2.24, 2.45) is 0 Å². The van der Waals surface area contributed by atoms with Gasteiger partial charge in [-0.2, -0.15) is 0 Å². The van der Waals surface area contributed by atoms with E-state index in [2.05, 4.69) is 24.3 Å². The molecular formula is C14H18O2. The number of hydrogen-bond acceptors (Lipinski definition) is 2. The van der Waals surface area contributed by atoms with Crippen molar-refractivity contribution in [2.75, 3.05) is 6.61 Å². The van der Waals surface area contributed by atoms with Crippen LogP contribution in [0, 0.1) is 0 Å². The van der Waals surface area contributed by atoms with E-state index in [0.717, 1.165) is 26.1 Å². The van der Waals surface area contributed by atoms with Crippen molar-refractivity contribution in [3.8, 4) is 0 Å². The zero-order valence-electron chi connectivity index (χ0n) is 9.52. The first-order chi connectivity index (χ1) is 7.86. The van der Waals surface area contributed by atoms with Crippen molar-refractivity contribution < 1.29 is 9.47 Å². The largest absolute Gasteiger partial charge is 0.375 e. The van der Waals surface area contributed by atoms with Gasteiger partial charge in [0.2, 0.25) is 0 Å². The molecule has 0 aromatic heterocycles. The number of ether oxygens (including phenoxy) is 2. The summed E-state index contributed by atoms with van der Waals surface area (Å²) in [6.07, 6.45) is 5.19. The number of fused-ring (bicyclic) bond motifs is 2. The van der Waals surface area contributed by atoms with Crippen LogP contribution in [-0.2, 0) is 16.1 Å². The third kappa shape index (κ3) is 2.00. The van der Waals surface area contributed by atoms with Crippen molar-refractivity contribution in [3.63, 3.8) is 0 Å². The van der Waals surface area contributed by atoms with Crippen LogP contribution in [0.15, 0.2) is 30.3 Å². The van der Waals surface area contributed by atoms with E-state index >= 15 is 0 Å². The van der Waals surface area contributed by atoms with Crippen molar-refractivity contribution in [1.82, 2.24) is 0 Å². The number of benzene rings is 1. The first-order valence-electron chi connectivity index (χ1n) is 6.16. The Bertz CT molecular complexity index is 345. The summed E-state index contributed by atoms with van der Waals surface area (Å²) in [7, 11) is 0. The fraction of sp³-hybridized carbons (Fsp3) is 0.571. The zero-order chi connectivity index (χ0) is 10.8. The fourth-order valence-electron chi connectivity index (χ4n) is 2.80. The summed E-state index contributed by atoms with van der Waals surface area (Å²) in [4.78, 5) is 0. The van der Waals surface area contributed by atoms with E-state index in [9.17, 15) is 0 Å². The fourth-order valence-corrected chi connectivity index (χ4v) is 2.80. The summed E-state index contributed by atoms with van der Waals surface area (Å²) < 4.78 is 11.9. The van der Waals surface area contributed by atoms with Gasteiger partial charge in [-0.3, -0.25) is 0 Å². The highest BCUT2D eigenvalue weighted by atomic mass is 16.6. The molecule has 0 radical (unpaired) electrons. The van der Waals surface area contributed by atoms with Crippen molar-refractivity contribution >= 4 is 0 Å². The summed E-state index contributed by atoms with van der Waals surface area (Å²) in [5, 5.41) is 0. The molecule has 2 unspecified atom stereocenters. The number of rotatable bonds is 3. The molecule has 3 rings (SSSR count). The lowest BCUT2D eigenvalue weighted by Gasteiger charge is -2.31. The molecule has 1 aromatic carbocycles. The molecule has 2 nitrogen and oxygen atoms in total. The Morgan fingerprint density at radius 1 is 1.31 bits per heavy atom. The minimum absolute atomic E-state index is 0.0265. The average molecular weight is 218 g/mol. The van der Waals surface area contributed by atoms with Crippen LogP contribution in [0.1, 0.15) is 31.2 Å². The summed E-state index contributed by atoms with van der Waals surface area (Å²) >= 11 is 0. The molecule has 0 amide bonds. The summed E-state index contributed by atoms with van der Waals surface area (Å²) in [5.74, 6) is 0. The van der Waals surface area contributed by atoms with Crippen molar-refractivity contribution in [1.29, 1.82) is 0 Å². The molecule has 1 saturated carbocycles. The first-order valence-corrected chi connectivity index (χ1v) is 6.16. The Labute approximate surface area is 96.6 Å². The van der Waals surface area contributed by atoms with Gasteiger partial charge in [0, 0.05) is 6.42 Å². The van der Waals surface area contributed by atoms with Crippen LogP contribution >= 0.6 is 0 Å². The predicted octanol–water partition coefficient (Wildman–Crippen LogP) is 2.91. The molecule has 2 aliphatic rings. The van der Waals surface area contributed by atoms with Gasteiger partial charge in [0.15, 0.2) is 0 Å². The molecule has 1 aliphatic carbocycles. The van der Waals surface area contributed by atoms with E-state index in [1.807, 2.05) is 6.07 Å². The Morgan fingerprint density at radius 3 is 3.06 bits per heavy atom. The maximum Gasteiger partial charge on any atom is 0.0944 e. The Balaban J connectivity index is 1.63. The molecule has 2 heteroatoms. The zero-order valence-corrected chi connectivity index (χ0v) is 9.52. The molecular weight excluding hydrogens is 200 g/mol. The maximum atomic E-state index is 6.12. The van der Waals surface area contributed by atoms with E-state index in [-0.39, 0.29) is 5.60 Å². The average Bonchev–Trinajstić information content (AvgIpc) is 2.64. The molecule has 2 bridgehead atoms. The van der Waals surface area contributed by atoms with Gasteiger partial charge >= 0.3 is 0 Å². The third-order valence-electron chi connectivity index (χ3n) is 3.73. The molecule has 2 fully saturated rings. The van der Waals surface area contributed by atoms with Crippen LogP contribution in [0.5, 0.6) is 0 Å². The first kappa shape index (κ1) is 10.3. The minimum Gasteiger partial charge on any atom is -0.375 e. The molecule has 86 valence electrons. The highest BCUT2D eigenvalue weighted by Crippen LogP contribution is 2.39. The van der Waals surface area contributed by atoms with Crippen LogP contribution in [-0.4, -0.2) is 18.3 Å². The molecule has 0 N–H and O–H groups in total. The van der Waals surface area contributed by atoms with Gasteiger partial charge in [0.1, 0.15) is 0 Å². The lowest BCUT2D eigenvalue weighted by atomic mass is 9.86. The van der Waals surface area contributed by atoms with E-state index in [1.165, 1.54) is 18.4 Å². The smallest absolute Gasteiger partial charge is 0.0944 e. The lowest BCUT2D eigenvalue weighted by molar-refractivity contribution is -0.0651. The molecule has 1 aliphatic heterocycles. The molecule has 16 heavy (non-hydrogen) atoms. The van der Waals surface area contributed by atoms with E-state index in [4.69, 9.17) is 9.47 Å². The third-order valence-corrected chi connectivity index (χ3v) is 3.73. The van der Waals surface area contributed by atoms with Gasteiger partial charge in [-0.05, 0) is 24.8 Å². The standard InChI is InChI=1S/C14H18O2/c1-2-5-12(6-3-1)10-16-14-8-4-7-13(9-14)15-11-14/h1-3,5-6,13H,4,7-11H2. The Morgan fingerprint density at radius 2 is 2.19 bits per heavy atom. The summed E-state index contributed by atoms with van der Waals surface area (Å²) in [5.41, 5.74) is 1.28. The number of hydrogen-bond donors (Lipinski definition) is 0. The topological polar surface area (TPSA) is 18.5 Å². The highest BCUT2D eigenvalue weighted by Gasteiger charge is 2.43. The van der Waals surface area contributed by atoms with Crippen LogP contribution in [0.25, 0.3) is 0 Å². The van der Waals surface area contributed by atoms with E-state index in [0.29, 0.717) is 6.10 Å². The minimum atomic E-state index is 0.0265. The van der Waals surface area contributed by atoms with Crippen LogP contribution in [0.4, 0.5) is 0 Å². The molecule has 1 saturated heterocycles. The van der Waals surface area contributed by atoms with Crippen LogP contribution in [0.3, 0.4) is 0 Å². The Hall–Kier alpha value is -0.860. The lowest BCUT2D eigenvalue weighted by Crippen LogP contribution is -2.35. The second-order valence-corrected chi connectivity index (χ2v) is 4.99. The van der Waals surface area contributed by atoms with Crippen LogP contribution < -0.4 is 0 Å². The second kappa shape index (κ2) is 4.19. The second-order valence-electron chi connectivity index (χ2n) is 4.99. The maximum absolute atomic E-state index is 6.12. The molecule has 1 heterocycles. The van der Waals surface area contributed by atoms with Gasteiger partial charge in [-0.25, -0.2) is 0 Å². The van der Waals surface area contributed by atoms with E-state index in [1.54, 1.807) is 0 Å². The van der Waals surface area contributed by atoms with Gasteiger partial charge in [0.25, 0.3) is 0 Å². The predicted molar refractivity (Wildman–Crippen MR) is 62.2 cm³/mol. The highest BCUT2D eigenvalue weighted by molar-refractivity contribution is 5.13. The summed E-state index contributed by atoms with van der Waals surface area (Å²) in [6, 6.07) is 10.4. The van der Waals surface area contributed by atoms with Crippen LogP contribution in [0.2, 0.25) is 0 Å². The summed E-state index contributed by atoms with van der Waals surface area (Å²) in [6.45, 7) is 1.52. The Kier molecular flexibility index (Phi) is 2.70. The normalized spacial score (nSPS) is 32.9. The quantitative estimate of drug-likeness (QED) is 0.776. The monoisotopic (exact) mass is 218 g/mol. The molecule has 0 spiro atoms. The molecule has 2 atom stereocenters. The van der Waals surface area contributed by atoms with Gasteiger partial charge in [-0.15, -0.1) is 0 Å². The van der Waals surface area contributed by atoms with E-state index < -0.39 is 0 Å². The van der Waals surface area contributed by atoms with Gasteiger partial charge < -0.3 is 9.47 Å². The SMILES string of the molecule is c1ccc(COC23CCCC(C2)OC3)cc1. The molecule has 1 aromatic rings. The van der Waals surface area contributed by atoms with Gasteiger partial charge in [-0.1, -0.05) is 30.3 Å². The van der Waals surface area contributed by atoms with Crippen molar-refractivity contribution in [3.05, 3.63) is 35.9 Å². The van der Waals surface area contributed by atoms with Crippen molar-refractivity contribution in [2.45, 2.75) is 44.0 Å². The van der Waals surface area contributed by atoms with Gasteiger partial charge in [0.05, 0.1) is 24.9 Å².